The summed E-state index contributed by atoms with van der Waals surface area (Å²) in [6.07, 6.45) is 0. The van der Waals surface area contributed by atoms with E-state index in [2.05, 4.69) is 26.6 Å². The van der Waals surface area contributed by atoms with Crippen LogP contribution in [0.15, 0.2) is 28.7 Å². The zero-order valence-electron chi connectivity index (χ0n) is 11.5. The first-order chi connectivity index (χ1) is 9.43. The summed E-state index contributed by atoms with van der Waals surface area (Å²) in [6, 6.07) is 6.73. The Morgan fingerprint density at radius 3 is 2.40 bits per heavy atom. The second-order valence-corrected chi connectivity index (χ2v) is 5.62. The molecule has 0 aliphatic carbocycles. The number of nitrogens with one attached hydrogen (secondary N) is 2. The van der Waals surface area contributed by atoms with Gasteiger partial charge in [0.25, 0.3) is 5.91 Å². The van der Waals surface area contributed by atoms with E-state index in [4.69, 9.17) is 5.11 Å². The van der Waals surface area contributed by atoms with Crippen molar-refractivity contribution in [2.24, 2.45) is 5.92 Å². The predicted molar refractivity (Wildman–Crippen MR) is 80.3 cm³/mol. The molecule has 0 unspecified atom stereocenters. The minimum absolute atomic E-state index is 0.00665. The molecule has 0 fully saturated rings. The fourth-order valence-electron chi connectivity index (χ4n) is 1.47. The molecule has 110 valence electrons. The number of carbonyl (C=O) groups is 2. The zero-order chi connectivity index (χ0) is 15.1. The van der Waals surface area contributed by atoms with Crippen molar-refractivity contribution in [1.29, 1.82) is 0 Å². The summed E-state index contributed by atoms with van der Waals surface area (Å²) in [5, 5.41) is 14.3. The smallest absolute Gasteiger partial charge is 0.251 e. The average Bonchev–Trinajstić information content (AvgIpc) is 2.44. The van der Waals surface area contributed by atoms with Gasteiger partial charge in [-0.05, 0) is 37.1 Å². The third-order valence-corrected chi connectivity index (χ3v) is 3.57. The van der Waals surface area contributed by atoms with E-state index in [1.165, 1.54) is 0 Å². The summed E-state index contributed by atoms with van der Waals surface area (Å²) < 4.78 is 0.888. The van der Waals surface area contributed by atoms with Crippen LogP contribution in [0.1, 0.15) is 24.2 Å². The van der Waals surface area contributed by atoms with Crippen LogP contribution in [0.3, 0.4) is 0 Å². The summed E-state index contributed by atoms with van der Waals surface area (Å²) in [6.45, 7) is 3.57. The van der Waals surface area contributed by atoms with Crippen LogP contribution in [0.4, 0.5) is 0 Å². The Kier molecular flexibility index (Phi) is 6.67. The number of hydrogen-bond donors (Lipinski definition) is 3. The van der Waals surface area contributed by atoms with E-state index in [1.54, 1.807) is 24.3 Å². The van der Waals surface area contributed by atoms with Gasteiger partial charge in [-0.3, -0.25) is 9.59 Å². The summed E-state index contributed by atoms with van der Waals surface area (Å²) in [7, 11) is 0. The standard InChI is InChI=1S/C14H19BrN2O3/c1-9(8-18)10(2)17-13(19)7-16-14(20)11-3-5-12(15)6-4-11/h3-6,9-10,18H,7-8H2,1-2H3,(H,16,20)(H,17,19)/t9-,10+/m1/s1. The molecule has 0 aliphatic rings. The largest absolute Gasteiger partial charge is 0.396 e. The van der Waals surface area contributed by atoms with Crippen molar-refractivity contribution in [3.63, 3.8) is 0 Å². The fraction of sp³-hybridized carbons (Fsp3) is 0.429. The minimum Gasteiger partial charge on any atom is -0.396 e. The topological polar surface area (TPSA) is 78.4 Å². The molecule has 5 nitrogen and oxygen atoms in total. The molecule has 2 atom stereocenters. The second kappa shape index (κ2) is 8.01. The lowest BCUT2D eigenvalue weighted by Gasteiger charge is -2.19. The number of benzene rings is 1. The molecule has 2 amide bonds. The molecule has 0 saturated carbocycles. The number of hydrogen-bond acceptors (Lipinski definition) is 3. The highest BCUT2D eigenvalue weighted by molar-refractivity contribution is 9.10. The van der Waals surface area contributed by atoms with Gasteiger partial charge in [-0.25, -0.2) is 0 Å². The first-order valence-electron chi connectivity index (χ1n) is 6.38. The summed E-state index contributed by atoms with van der Waals surface area (Å²) in [5.41, 5.74) is 0.498. The van der Waals surface area contributed by atoms with Crippen LogP contribution in [0.5, 0.6) is 0 Å². The Hall–Kier alpha value is -1.40. The van der Waals surface area contributed by atoms with Gasteiger partial charge in [-0.15, -0.1) is 0 Å². The van der Waals surface area contributed by atoms with Crippen LogP contribution in [0, 0.1) is 5.92 Å². The van der Waals surface area contributed by atoms with Crippen molar-refractivity contribution < 1.29 is 14.7 Å². The van der Waals surface area contributed by atoms with Crippen LogP contribution >= 0.6 is 15.9 Å². The molecule has 1 aromatic rings. The third kappa shape index (κ3) is 5.30. The van der Waals surface area contributed by atoms with E-state index >= 15 is 0 Å². The summed E-state index contributed by atoms with van der Waals surface area (Å²) >= 11 is 3.29. The van der Waals surface area contributed by atoms with E-state index in [0.717, 1.165) is 4.47 Å². The SMILES string of the molecule is C[C@H](CO)[C@H](C)NC(=O)CNC(=O)c1ccc(Br)cc1. The number of carbonyl (C=O) groups excluding carboxylic acids is 2. The molecule has 0 saturated heterocycles. The van der Waals surface area contributed by atoms with Crippen LogP contribution in [-0.2, 0) is 4.79 Å². The van der Waals surface area contributed by atoms with Crippen LogP contribution in [0.2, 0.25) is 0 Å². The fourth-order valence-corrected chi connectivity index (χ4v) is 1.73. The van der Waals surface area contributed by atoms with Gasteiger partial charge in [0, 0.05) is 22.7 Å². The summed E-state index contributed by atoms with van der Waals surface area (Å²) in [4.78, 5) is 23.4. The van der Waals surface area contributed by atoms with Gasteiger partial charge in [0.1, 0.15) is 0 Å². The molecular formula is C14H19BrN2O3. The van der Waals surface area contributed by atoms with Crippen molar-refractivity contribution in [2.45, 2.75) is 19.9 Å². The van der Waals surface area contributed by atoms with Crippen LogP contribution in [0.25, 0.3) is 0 Å². The van der Waals surface area contributed by atoms with E-state index in [-0.39, 0.29) is 36.9 Å². The van der Waals surface area contributed by atoms with Crippen LogP contribution < -0.4 is 10.6 Å². The molecular weight excluding hydrogens is 324 g/mol. The Bertz CT molecular complexity index is 462. The van der Waals surface area contributed by atoms with Gasteiger partial charge in [-0.1, -0.05) is 22.9 Å². The molecule has 0 spiro atoms. The molecule has 0 bridgehead atoms. The van der Waals surface area contributed by atoms with Crippen molar-refractivity contribution in [3.05, 3.63) is 34.3 Å². The van der Waals surface area contributed by atoms with E-state index in [0.29, 0.717) is 5.56 Å². The Balaban J connectivity index is 2.41. The molecule has 0 radical (unpaired) electrons. The normalized spacial score (nSPS) is 13.4. The first kappa shape index (κ1) is 16.7. The quantitative estimate of drug-likeness (QED) is 0.729. The lowest BCUT2D eigenvalue weighted by Crippen LogP contribution is -2.43. The minimum atomic E-state index is -0.296. The highest BCUT2D eigenvalue weighted by atomic mass is 79.9. The Morgan fingerprint density at radius 1 is 1.25 bits per heavy atom. The first-order valence-corrected chi connectivity index (χ1v) is 7.17. The highest BCUT2D eigenvalue weighted by Gasteiger charge is 2.14. The van der Waals surface area contributed by atoms with Crippen molar-refractivity contribution >= 4 is 27.7 Å². The molecule has 1 rings (SSSR count). The van der Waals surface area contributed by atoms with E-state index < -0.39 is 0 Å². The molecule has 0 heterocycles. The molecule has 1 aromatic carbocycles. The number of aliphatic hydroxyl groups is 1. The van der Waals surface area contributed by atoms with Crippen LogP contribution in [-0.4, -0.2) is 36.1 Å². The number of rotatable bonds is 6. The van der Waals surface area contributed by atoms with Crippen molar-refractivity contribution in [1.82, 2.24) is 10.6 Å². The lowest BCUT2D eigenvalue weighted by atomic mass is 10.1. The third-order valence-electron chi connectivity index (χ3n) is 3.05. The Labute approximate surface area is 126 Å². The van der Waals surface area contributed by atoms with Crippen molar-refractivity contribution in [2.75, 3.05) is 13.2 Å². The molecule has 20 heavy (non-hydrogen) atoms. The average molecular weight is 343 g/mol. The van der Waals surface area contributed by atoms with E-state index in [9.17, 15) is 9.59 Å². The molecule has 0 aromatic heterocycles. The van der Waals surface area contributed by atoms with Gasteiger partial charge in [0.2, 0.25) is 5.91 Å². The number of aliphatic hydroxyl groups excluding tert-OH is 1. The highest BCUT2D eigenvalue weighted by Crippen LogP contribution is 2.10. The molecule has 6 heteroatoms. The maximum absolute atomic E-state index is 11.8. The van der Waals surface area contributed by atoms with Gasteiger partial charge in [-0.2, -0.15) is 0 Å². The van der Waals surface area contributed by atoms with Gasteiger partial charge >= 0.3 is 0 Å². The number of amides is 2. The maximum Gasteiger partial charge on any atom is 0.251 e. The zero-order valence-corrected chi connectivity index (χ0v) is 13.1. The van der Waals surface area contributed by atoms with Gasteiger partial charge < -0.3 is 15.7 Å². The molecule has 3 N–H and O–H groups in total. The number of halogens is 1. The monoisotopic (exact) mass is 342 g/mol. The maximum atomic E-state index is 11.8. The van der Waals surface area contributed by atoms with Gasteiger partial charge in [0.05, 0.1) is 6.54 Å². The predicted octanol–water partition coefficient (Wildman–Crippen LogP) is 1.31. The molecule has 0 aliphatic heterocycles. The second-order valence-electron chi connectivity index (χ2n) is 4.71. The Morgan fingerprint density at radius 2 is 1.85 bits per heavy atom. The van der Waals surface area contributed by atoms with Gasteiger partial charge in [0.15, 0.2) is 0 Å². The lowest BCUT2D eigenvalue weighted by molar-refractivity contribution is -0.121. The van der Waals surface area contributed by atoms with Crippen molar-refractivity contribution in [3.8, 4) is 0 Å². The van der Waals surface area contributed by atoms with E-state index in [1.807, 2.05) is 13.8 Å². The summed E-state index contributed by atoms with van der Waals surface area (Å²) in [5.74, 6) is -0.597.